The van der Waals surface area contributed by atoms with Crippen molar-refractivity contribution < 1.29 is 33.0 Å². The van der Waals surface area contributed by atoms with Crippen molar-refractivity contribution in [1.82, 2.24) is 14.9 Å². The van der Waals surface area contributed by atoms with E-state index >= 15 is 0 Å². The summed E-state index contributed by atoms with van der Waals surface area (Å²) in [7, 11) is 0. The van der Waals surface area contributed by atoms with Gasteiger partial charge < -0.3 is 24.5 Å². The average molecular weight is 576 g/mol. The van der Waals surface area contributed by atoms with Gasteiger partial charge in [-0.3, -0.25) is 4.79 Å². The fourth-order valence-corrected chi connectivity index (χ4v) is 5.77. The van der Waals surface area contributed by atoms with E-state index in [1.54, 1.807) is 19.9 Å². The maximum absolute atomic E-state index is 13.7. The van der Waals surface area contributed by atoms with Crippen LogP contribution in [0.2, 0.25) is 0 Å². The Morgan fingerprint density at radius 2 is 1.93 bits per heavy atom. The third-order valence-corrected chi connectivity index (χ3v) is 7.99. The minimum Gasteiger partial charge on any atom is -0.458 e. The first kappa shape index (κ1) is 27.5. The summed E-state index contributed by atoms with van der Waals surface area (Å²) in [6.45, 7) is 3.11. The van der Waals surface area contributed by atoms with Crippen LogP contribution in [0.15, 0.2) is 59.4 Å². The van der Waals surface area contributed by atoms with Gasteiger partial charge in [-0.25, -0.2) is 23.4 Å². The summed E-state index contributed by atoms with van der Waals surface area (Å²) >= 11 is 0. The summed E-state index contributed by atoms with van der Waals surface area (Å²) in [6, 6.07) is 14.1. The first-order valence-electron chi connectivity index (χ1n) is 13.5. The molecule has 0 unspecified atom stereocenters. The number of ether oxygens (including phenoxy) is 2. The molecule has 2 aliphatic rings. The van der Waals surface area contributed by atoms with Gasteiger partial charge in [0.15, 0.2) is 5.60 Å². The first-order valence-corrected chi connectivity index (χ1v) is 13.5. The smallest absolute Gasteiger partial charge is 0.407 e. The molecule has 0 bridgehead atoms. The number of nitrogens with zero attached hydrogens (tertiary/aromatic N) is 2. The molecule has 2 N–H and O–H groups in total. The van der Waals surface area contributed by atoms with Gasteiger partial charge in [-0.1, -0.05) is 43.3 Å². The van der Waals surface area contributed by atoms with Gasteiger partial charge in [-0.05, 0) is 42.7 Å². The van der Waals surface area contributed by atoms with E-state index in [1.807, 2.05) is 30.3 Å². The third kappa shape index (κ3) is 4.40. The maximum atomic E-state index is 13.7. The molecule has 0 spiro atoms. The van der Waals surface area contributed by atoms with E-state index in [4.69, 9.17) is 14.5 Å². The fraction of sp³-hybridized carbons (Fsp3) is 0.290. The molecule has 0 radical (unpaired) electrons. The molecule has 4 aromatic rings. The molecule has 11 heteroatoms. The van der Waals surface area contributed by atoms with Crippen molar-refractivity contribution in [1.29, 1.82) is 0 Å². The lowest BCUT2D eigenvalue weighted by atomic mass is 9.86. The van der Waals surface area contributed by atoms with Crippen molar-refractivity contribution in [3.8, 4) is 11.4 Å². The van der Waals surface area contributed by atoms with Gasteiger partial charge in [0.25, 0.3) is 12.0 Å². The van der Waals surface area contributed by atoms with E-state index in [-0.39, 0.29) is 42.9 Å². The molecule has 0 saturated heterocycles. The number of rotatable bonds is 6. The van der Waals surface area contributed by atoms with E-state index in [1.165, 1.54) is 22.8 Å². The number of hydrogen-bond donors (Lipinski definition) is 2. The van der Waals surface area contributed by atoms with Crippen LogP contribution >= 0.6 is 0 Å². The van der Waals surface area contributed by atoms with E-state index in [0.717, 1.165) is 5.56 Å². The molecule has 2 aromatic heterocycles. The molecule has 1 amide bonds. The van der Waals surface area contributed by atoms with Gasteiger partial charge >= 0.3 is 12.1 Å². The van der Waals surface area contributed by atoms with E-state index < -0.39 is 35.7 Å². The molecule has 4 heterocycles. The Morgan fingerprint density at radius 1 is 1.17 bits per heavy atom. The average Bonchev–Trinajstić information content (AvgIpc) is 3.35. The van der Waals surface area contributed by atoms with Gasteiger partial charge in [-0.15, -0.1) is 0 Å². The van der Waals surface area contributed by atoms with E-state index in [9.17, 15) is 28.3 Å². The molecular weight excluding hydrogens is 548 g/mol. The number of benzene rings is 2. The zero-order valence-electron chi connectivity index (χ0n) is 22.8. The Kier molecular flexibility index (Phi) is 6.77. The molecule has 0 saturated carbocycles. The Hall–Kier alpha value is -4.64. The van der Waals surface area contributed by atoms with Crippen LogP contribution in [0.1, 0.15) is 66.1 Å². The second-order valence-corrected chi connectivity index (χ2v) is 10.5. The molecule has 9 nitrogen and oxygen atoms in total. The summed E-state index contributed by atoms with van der Waals surface area (Å²) in [5.74, 6) is -0.835. The van der Waals surface area contributed by atoms with Crippen LogP contribution in [0.4, 0.5) is 13.6 Å². The highest BCUT2D eigenvalue weighted by Crippen LogP contribution is 2.42. The van der Waals surface area contributed by atoms with Crippen LogP contribution in [0.25, 0.3) is 22.3 Å². The number of carbonyl (C=O) groups excluding carboxylic acids is 2. The highest BCUT2D eigenvalue weighted by molar-refractivity contribution is 5.90. The summed E-state index contributed by atoms with van der Waals surface area (Å²) in [6.07, 6.45) is -3.44. The lowest BCUT2D eigenvalue weighted by Crippen LogP contribution is -2.44. The lowest BCUT2D eigenvalue weighted by Gasteiger charge is -2.31. The summed E-state index contributed by atoms with van der Waals surface area (Å²) < 4.78 is 39.5. The number of aromatic nitrogens is 2. The number of hydrogen-bond acceptors (Lipinski definition) is 7. The Labute approximate surface area is 238 Å². The number of aliphatic hydroxyl groups is 1. The zero-order valence-corrected chi connectivity index (χ0v) is 22.8. The first-order chi connectivity index (χ1) is 20.1. The number of alkyl carbamates (subject to hydrolysis) is 1. The van der Waals surface area contributed by atoms with Crippen LogP contribution in [-0.4, -0.2) is 26.7 Å². The fourth-order valence-electron chi connectivity index (χ4n) is 5.77. The molecule has 2 atom stereocenters. The van der Waals surface area contributed by atoms with Gasteiger partial charge in [0.2, 0.25) is 0 Å². The number of carbonyl (C=O) groups is 2. The Morgan fingerprint density at radius 3 is 2.64 bits per heavy atom. The molecule has 216 valence electrons. The summed E-state index contributed by atoms with van der Waals surface area (Å²) in [5, 5.41) is 14.4. The second-order valence-electron chi connectivity index (χ2n) is 10.5. The van der Waals surface area contributed by atoms with E-state index in [2.05, 4.69) is 5.32 Å². The summed E-state index contributed by atoms with van der Waals surface area (Å²) in [5.41, 5.74) is 0.672. The highest BCUT2D eigenvalue weighted by atomic mass is 19.3. The standard InChI is InChI=1S/C31H27F2N3O6/c1-3-31(40)22-12-24-26-20(13-36(24)28(37)21(22)15-41-29(31)38)25(19-11-18(27(32)33)9-10-23(19)35-26)16(2)34-30(39)42-14-17-7-5-4-6-8-17/h4-12,16,27,40H,3,13-15H2,1-2H3,(H,34,39)/t16-,31-/m0/s1. The predicted octanol–water partition coefficient (Wildman–Crippen LogP) is 5.00. The normalized spacial score (nSPS) is 17.8. The number of nitrogens with one attached hydrogen (secondary N) is 1. The van der Waals surface area contributed by atoms with Crippen LogP contribution in [0, 0.1) is 0 Å². The molecule has 2 aliphatic heterocycles. The van der Waals surface area contributed by atoms with Crippen molar-refractivity contribution in [3.63, 3.8) is 0 Å². The predicted molar refractivity (Wildman–Crippen MR) is 148 cm³/mol. The molecule has 0 aliphatic carbocycles. The Balaban J connectivity index is 1.46. The van der Waals surface area contributed by atoms with Gasteiger partial charge in [0.1, 0.15) is 13.2 Å². The molecule has 2 aromatic carbocycles. The Bertz CT molecular complexity index is 1810. The minimum atomic E-state index is -2.73. The monoisotopic (exact) mass is 575 g/mol. The third-order valence-electron chi connectivity index (χ3n) is 7.99. The number of esters is 1. The van der Waals surface area contributed by atoms with E-state index in [0.29, 0.717) is 33.4 Å². The molecule has 6 rings (SSSR count). The van der Waals surface area contributed by atoms with Crippen molar-refractivity contribution in [3.05, 3.63) is 98.3 Å². The van der Waals surface area contributed by atoms with Crippen LogP contribution in [-0.2, 0) is 39.6 Å². The largest absolute Gasteiger partial charge is 0.458 e. The summed E-state index contributed by atoms with van der Waals surface area (Å²) in [4.78, 5) is 43.7. The van der Waals surface area contributed by atoms with Gasteiger partial charge in [0, 0.05) is 22.1 Å². The van der Waals surface area contributed by atoms with Crippen molar-refractivity contribution >= 4 is 23.0 Å². The van der Waals surface area contributed by atoms with Gasteiger partial charge in [-0.2, -0.15) is 0 Å². The molecule has 0 fully saturated rings. The van der Waals surface area contributed by atoms with Crippen LogP contribution in [0.3, 0.4) is 0 Å². The minimum absolute atomic E-state index is 0.00651. The maximum Gasteiger partial charge on any atom is 0.407 e. The highest BCUT2D eigenvalue weighted by Gasteiger charge is 2.45. The lowest BCUT2D eigenvalue weighted by molar-refractivity contribution is -0.172. The zero-order chi connectivity index (χ0) is 29.8. The topological polar surface area (TPSA) is 120 Å². The number of pyridine rings is 2. The second kappa shape index (κ2) is 10.3. The number of cyclic esters (lactones) is 1. The number of halogens is 2. The quantitative estimate of drug-likeness (QED) is 0.273. The van der Waals surface area contributed by atoms with Crippen LogP contribution in [0.5, 0.6) is 0 Å². The molecule has 42 heavy (non-hydrogen) atoms. The van der Waals surface area contributed by atoms with Crippen molar-refractivity contribution in [2.24, 2.45) is 0 Å². The van der Waals surface area contributed by atoms with Crippen LogP contribution < -0.4 is 10.9 Å². The van der Waals surface area contributed by atoms with Crippen molar-refractivity contribution in [2.45, 2.75) is 58.1 Å². The molecular formula is C31H27F2N3O6. The van der Waals surface area contributed by atoms with Gasteiger partial charge in [0.05, 0.1) is 35.1 Å². The van der Waals surface area contributed by atoms with Crippen molar-refractivity contribution in [2.75, 3.05) is 0 Å². The number of amides is 1. The SMILES string of the molecule is CC[C@@]1(O)C(=O)OCc2c1cc1n(c2=O)Cc2c-1nc1ccc(C(F)F)cc1c2[C@H](C)NC(=O)OCc1ccccc1. The number of fused-ring (bicyclic) bond motifs is 5. The number of alkyl halides is 2.